The first kappa shape index (κ1) is 21.6. The number of sulfonamides is 1. The van der Waals surface area contributed by atoms with Crippen molar-refractivity contribution in [3.63, 3.8) is 0 Å². The summed E-state index contributed by atoms with van der Waals surface area (Å²) in [5.74, 6) is 0.777. The van der Waals surface area contributed by atoms with Crippen LogP contribution in [0.15, 0.2) is 33.6 Å². The number of hydrogen-bond donors (Lipinski definition) is 0. The van der Waals surface area contributed by atoms with Crippen molar-refractivity contribution in [3.05, 3.63) is 52.5 Å². The van der Waals surface area contributed by atoms with Gasteiger partial charge in [0.15, 0.2) is 5.76 Å². The predicted octanol–water partition coefficient (Wildman–Crippen LogP) is 3.65. The molecule has 1 aliphatic rings. The van der Waals surface area contributed by atoms with Crippen LogP contribution >= 0.6 is 0 Å². The number of benzene rings is 1. The zero-order valence-electron chi connectivity index (χ0n) is 18.1. The summed E-state index contributed by atoms with van der Waals surface area (Å²) in [6.07, 6.45) is 0. The Kier molecular flexibility index (Phi) is 5.66. The van der Waals surface area contributed by atoms with Gasteiger partial charge in [0, 0.05) is 26.2 Å². The van der Waals surface area contributed by atoms with Gasteiger partial charge in [-0.25, -0.2) is 8.42 Å². The molecule has 1 amide bonds. The van der Waals surface area contributed by atoms with E-state index in [1.54, 1.807) is 24.0 Å². The Morgan fingerprint density at radius 2 is 1.52 bits per heavy atom. The van der Waals surface area contributed by atoms with Crippen molar-refractivity contribution < 1.29 is 17.6 Å². The number of carbonyl (C=O) groups excluding carboxylic acids is 1. The van der Waals surface area contributed by atoms with Crippen LogP contribution in [0.1, 0.15) is 53.8 Å². The summed E-state index contributed by atoms with van der Waals surface area (Å²) < 4.78 is 33.6. The highest BCUT2D eigenvalue weighted by Gasteiger charge is 2.33. The third-order valence-corrected chi connectivity index (χ3v) is 7.61. The molecule has 0 spiro atoms. The zero-order chi connectivity index (χ0) is 21.6. The quantitative estimate of drug-likeness (QED) is 0.763. The van der Waals surface area contributed by atoms with E-state index in [1.807, 2.05) is 26.0 Å². The topological polar surface area (TPSA) is 70.8 Å². The van der Waals surface area contributed by atoms with Gasteiger partial charge in [-0.2, -0.15) is 4.31 Å². The van der Waals surface area contributed by atoms with Gasteiger partial charge in [0.05, 0.1) is 4.90 Å². The summed E-state index contributed by atoms with van der Waals surface area (Å²) in [4.78, 5) is 14.6. The highest BCUT2D eigenvalue weighted by Crippen LogP contribution is 2.31. The van der Waals surface area contributed by atoms with Crippen LogP contribution in [0.5, 0.6) is 0 Å². The van der Waals surface area contributed by atoms with Gasteiger partial charge in [-0.1, -0.05) is 32.9 Å². The maximum Gasteiger partial charge on any atom is 0.289 e. The third-order valence-electron chi connectivity index (χ3n) is 5.40. The summed E-state index contributed by atoms with van der Waals surface area (Å²) >= 11 is 0. The van der Waals surface area contributed by atoms with Crippen LogP contribution in [0.2, 0.25) is 0 Å². The molecule has 158 valence electrons. The lowest BCUT2D eigenvalue weighted by molar-refractivity contribution is 0.0664. The van der Waals surface area contributed by atoms with E-state index < -0.39 is 10.0 Å². The Bertz CT molecular complexity index is 1000. The molecule has 0 radical (unpaired) electrons. The molecule has 1 aliphatic heterocycles. The number of furan rings is 1. The van der Waals surface area contributed by atoms with Crippen molar-refractivity contribution in [2.24, 2.45) is 0 Å². The standard InChI is InChI=1S/C22H30N2O4S/c1-15-13-18(22(4,5)6)14-16(2)20(15)29(26,27)24-11-9-23(10-12-24)21(25)19-8-7-17(3)28-19/h7-8,13-14H,9-12H2,1-6H3. The Morgan fingerprint density at radius 1 is 0.966 bits per heavy atom. The number of rotatable bonds is 3. The molecule has 29 heavy (non-hydrogen) atoms. The number of nitrogens with zero attached hydrogens (tertiary/aromatic N) is 2. The molecule has 1 aromatic carbocycles. The lowest BCUT2D eigenvalue weighted by atomic mass is 9.85. The normalized spacial score (nSPS) is 16.3. The van der Waals surface area contributed by atoms with Gasteiger partial charge in [-0.3, -0.25) is 4.79 Å². The molecule has 6 nitrogen and oxygen atoms in total. The molecule has 1 fully saturated rings. The largest absolute Gasteiger partial charge is 0.456 e. The molecule has 2 aromatic rings. The minimum atomic E-state index is -3.62. The van der Waals surface area contributed by atoms with Crippen LogP contribution in [0.4, 0.5) is 0 Å². The first-order valence-corrected chi connectivity index (χ1v) is 11.3. The van der Waals surface area contributed by atoms with E-state index in [0.29, 0.717) is 29.5 Å². The molecule has 0 unspecified atom stereocenters. The molecule has 1 aromatic heterocycles. The van der Waals surface area contributed by atoms with E-state index in [2.05, 4.69) is 20.8 Å². The van der Waals surface area contributed by atoms with E-state index >= 15 is 0 Å². The fourth-order valence-electron chi connectivity index (χ4n) is 3.76. The SMILES string of the molecule is Cc1ccc(C(=O)N2CCN(S(=O)(=O)c3c(C)cc(C(C)(C)C)cc3C)CC2)o1. The minimum absolute atomic E-state index is 0.0476. The van der Waals surface area contributed by atoms with Crippen LogP contribution in [0.25, 0.3) is 0 Å². The van der Waals surface area contributed by atoms with Crippen LogP contribution in [0.3, 0.4) is 0 Å². The molecule has 0 N–H and O–H groups in total. The smallest absolute Gasteiger partial charge is 0.289 e. The van der Waals surface area contributed by atoms with Gasteiger partial charge >= 0.3 is 0 Å². The van der Waals surface area contributed by atoms with Crippen LogP contribution in [0, 0.1) is 20.8 Å². The summed E-state index contributed by atoms with van der Waals surface area (Å²) in [6.45, 7) is 13.1. The fraction of sp³-hybridized carbons (Fsp3) is 0.500. The predicted molar refractivity (Wildman–Crippen MR) is 113 cm³/mol. The molecule has 3 rings (SSSR count). The monoisotopic (exact) mass is 418 g/mol. The highest BCUT2D eigenvalue weighted by atomic mass is 32.2. The lowest BCUT2D eigenvalue weighted by Gasteiger charge is -2.34. The number of amides is 1. The van der Waals surface area contributed by atoms with Gasteiger partial charge in [0.25, 0.3) is 5.91 Å². The second-order valence-corrected chi connectivity index (χ2v) is 10.7. The van der Waals surface area contributed by atoms with Gasteiger partial charge in [-0.05, 0) is 55.0 Å². The Balaban J connectivity index is 1.79. The molecule has 0 saturated carbocycles. The molecule has 7 heteroatoms. The van der Waals surface area contributed by atoms with Gasteiger partial charge in [0.2, 0.25) is 10.0 Å². The van der Waals surface area contributed by atoms with Crippen LogP contribution in [-0.2, 0) is 15.4 Å². The maximum absolute atomic E-state index is 13.3. The summed E-state index contributed by atoms with van der Waals surface area (Å²) in [5.41, 5.74) is 2.60. The molecule has 0 bridgehead atoms. The van der Waals surface area contributed by atoms with Crippen molar-refractivity contribution in [1.29, 1.82) is 0 Å². The number of aryl methyl sites for hydroxylation is 3. The number of carbonyl (C=O) groups is 1. The van der Waals surface area contributed by atoms with E-state index in [-0.39, 0.29) is 24.4 Å². The lowest BCUT2D eigenvalue weighted by Crippen LogP contribution is -2.50. The summed E-state index contributed by atoms with van der Waals surface area (Å²) in [7, 11) is -3.62. The van der Waals surface area contributed by atoms with Crippen LogP contribution in [-0.4, -0.2) is 49.7 Å². The zero-order valence-corrected chi connectivity index (χ0v) is 18.9. The number of hydrogen-bond acceptors (Lipinski definition) is 4. The van der Waals surface area contributed by atoms with Gasteiger partial charge in [0.1, 0.15) is 5.76 Å². The van der Waals surface area contributed by atoms with Crippen LogP contribution < -0.4 is 0 Å². The van der Waals surface area contributed by atoms with Crippen molar-refractivity contribution in [2.45, 2.75) is 51.9 Å². The average Bonchev–Trinajstić information content (AvgIpc) is 3.06. The highest BCUT2D eigenvalue weighted by molar-refractivity contribution is 7.89. The fourth-order valence-corrected chi connectivity index (χ4v) is 5.59. The summed E-state index contributed by atoms with van der Waals surface area (Å²) in [6, 6.07) is 7.35. The second kappa shape index (κ2) is 7.61. The maximum atomic E-state index is 13.3. The molecular formula is C22H30N2O4S. The minimum Gasteiger partial charge on any atom is -0.456 e. The molecule has 0 aliphatic carbocycles. The van der Waals surface area contributed by atoms with E-state index in [4.69, 9.17) is 4.42 Å². The van der Waals surface area contributed by atoms with E-state index in [9.17, 15) is 13.2 Å². The van der Waals surface area contributed by atoms with Gasteiger partial charge in [-0.15, -0.1) is 0 Å². The molecule has 1 saturated heterocycles. The Hall–Kier alpha value is -2.12. The summed E-state index contributed by atoms with van der Waals surface area (Å²) in [5, 5.41) is 0. The number of piperazine rings is 1. The third kappa shape index (κ3) is 4.26. The van der Waals surface area contributed by atoms with Crippen molar-refractivity contribution in [3.8, 4) is 0 Å². The van der Waals surface area contributed by atoms with E-state index in [1.165, 1.54) is 4.31 Å². The van der Waals surface area contributed by atoms with Crippen molar-refractivity contribution >= 4 is 15.9 Å². The van der Waals surface area contributed by atoms with Crippen molar-refractivity contribution in [1.82, 2.24) is 9.21 Å². The molecule has 0 atom stereocenters. The van der Waals surface area contributed by atoms with Crippen molar-refractivity contribution in [2.75, 3.05) is 26.2 Å². The second-order valence-electron chi connectivity index (χ2n) is 8.80. The Labute approximate surface area is 173 Å². The molecular weight excluding hydrogens is 388 g/mol. The Morgan fingerprint density at radius 3 is 1.97 bits per heavy atom. The molecule has 2 heterocycles. The average molecular weight is 419 g/mol. The first-order chi connectivity index (χ1) is 13.4. The van der Waals surface area contributed by atoms with Gasteiger partial charge < -0.3 is 9.32 Å². The first-order valence-electron chi connectivity index (χ1n) is 9.89. The van der Waals surface area contributed by atoms with E-state index in [0.717, 1.165) is 16.7 Å².